The highest BCUT2D eigenvalue weighted by Gasteiger charge is 2.19. The Labute approximate surface area is 95.0 Å². The van der Waals surface area contributed by atoms with Gasteiger partial charge in [-0.1, -0.05) is 30.3 Å². The molecule has 3 nitrogen and oxygen atoms in total. The minimum atomic E-state index is -0.0504. The minimum absolute atomic E-state index is 0.0504. The Balaban J connectivity index is 2.17. The lowest BCUT2D eigenvalue weighted by atomic mass is 10.0. The number of aliphatic hydroxyl groups is 1. The third kappa shape index (κ3) is 2.31. The second kappa shape index (κ2) is 4.94. The largest absolute Gasteiger partial charge is 0.394 e. The van der Waals surface area contributed by atoms with Gasteiger partial charge in [0, 0.05) is 19.2 Å². The average molecular weight is 217 g/mol. The van der Waals surface area contributed by atoms with Crippen molar-refractivity contribution >= 4 is 5.78 Å². The van der Waals surface area contributed by atoms with Crippen molar-refractivity contribution in [2.24, 2.45) is 0 Å². The van der Waals surface area contributed by atoms with Crippen LogP contribution in [-0.2, 0) is 4.79 Å². The number of rotatable bonds is 3. The number of hydrogen-bond donors (Lipinski definition) is 1. The van der Waals surface area contributed by atoms with Crippen molar-refractivity contribution in [3.63, 3.8) is 0 Å². The Morgan fingerprint density at radius 1 is 1.31 bits per heavy atom. The fourth-order valence-electron chi connectivity index (χ4n) is 1.91. The van der Waals surface area contributed by atoms with Crippen LogP contribution < -0.4 is 0 Å². The molecule has 0 fully saturated rings. The van der Waals surface area contributed by atoms with Crippen LogP contribution in [0, 0.1) is 0 Å². The number of aliphatic hydroxyl groups excluding tert-OH is 1. The van der Waals surface area contributed by atoms with Crippen LogP contribution in [0.5, 0.6) is 0 Å². The first kappa shape index (κ1) is 10.9. The summed E-state index contributed by atoms with van der Waals surface area (Å²) in [6, 6.07) is 9.79. The van der Waals surface area contributed by atoms with E-state index in [9.17, 15) is 9.90 Å². The fourth-order valence-corrected chi connectivity index (χ4v) is 1.91. The zero-order valence-electron chi connectivity index (χ0n) is 9.04. The van der Waals surface area contributed by atoms with E-state index in [1.807, 2.05) is 35.2 Å². The summed E-state index contributed by atoms with van der Waals surface area (Å²) in [6.45, 7) is 0.734. The minimum Gasteiger partial charge on any atom is -0.394 e. The molecule has 0 spiro atoms. The first-order valence-electron chi connectivity index (χ1n) is 5.44. The van der Waals surface area contributed by atoms with E-state index >= 15 is 0 Å². The van der Waals surface area contributed by atoms with Gasteiger partial charge in [0.1, 0.15) is 0 Å². The summed E-state index contributed by atoms with van der Waals surface area (Å²) in [6.07, 6.45) is 3.88. The molecule has 0 aliphatic carbocycles. The molecule has 1 atom stereocenters. The molecule has 0 aromatic heterocycles. The van der Waals surface area contributed by atoms with Crippen LogP contribution in [0.15, 0.2) is 42.6 Å². The Kier molecular flexibility index (Phi) is 3.37. The summed E-state index contributed by atoms with van der Waals surface area (Å²) in [5.41, 5.74) is 1.07. The molecule has 0 radical (unpaired) electrons. The third-order valence-corrected chi connectivity index (χ3v) is 2.83. The Morgan fingerprint density at radius 2 is 2.06 bits per heavy atom. The maximum absolute atomic E-state index is 11.1. The summed E-state index contributed by atoms with van der Waals surface area (Å²) < 4.78 is 0. The molecule has 0 saturated heterocycles. The molecule has 1 aliphatic heterocycles. The average Bonchev–Trinajstić information content (AvgIpc) is 2.34. The first-order chi connectivity index (χ1) is 7.81. The molecule has 3 heteroatoms. The van der Waals surface area contributed by atoms with Crippen molar-refractivity contribution in [2.75, 3.05) is 13.2 Å². The van der Waals surface area contributed by atoms with Crippen LogP contribution in [0.3, 0.4) is 0 Å². The number of allylic oxidation sites excluding steroid dienone is 1. The van der Waals surface area contributed by atoms with E-state index in [1.165, 1.54) is 0 Å². The van der Waals surface area contributed by atoms with Crippen molar-refractivity contribution in [3.05, 3.63) is 48.2 Å². The lowest BCUT2D eigenvalue weighted by molar-refractivity contribution is -0.115. The Bertz CT molecular complexity index is 386. The normalized spacial score (nSPS) is 17.6. The number of carbonyl (C=O) groups excluding carboxylic acids is 1. The predicted octanol–water partition coefficient (Wildman–Crippen LogP) is 1.51. The first-order valence-corrected chi connectivity index (χ1v) is 5.44. The highest BCUT2D eigenvalue weighted by molar-refractivity contribution is 5.90. The second-order valence-electron chi connectivity index (χ2n) is 3.88. The lowest BCUT2D eigenvalue weighted by Crippen LogP contribution is -2.31. The van der Waals surface area contributed by atoms with Gasteiger partial charge in [-0.25, -0.2) is 0 Å². The number of benzene rings is 1. The van der Waals surface area contributed by atoms with Crippen molar-refractivity contribution in [3.8, 4) is 0 Å². The van der Waals surface area contributed by atoms with Crippen LogP contribution in [0.2, 0.25) is 0 Å². The van der Waals surface area contributed by atoms with Gasteiger partial charge in [0.2, 0.25) is 0 Å². The van der Waals surface area contributed by atoms with Gasteiger partial charge >= 0.3 is 0 Å². The highest BCUT2D eigenvalue weighted by atomic mass is 16.3. The van der Waals surface area contributed by atoms with Gasteiger partial charge in [0.15, 0.2) is 5.78 Å². The maximum Gasteiger partial charge on any atom is 0.158 e. The summed E-state index contributed by atoms with van der Waals surface area (Å²) in [5.74, 6) is 0.154. The quantitative estimate of drug-likeness (QED) is 0.834. The molecule has 1 N–H and O–H groups in total. The van der Waals surface area contributed by atoms with Gasteiger partial charge < -0.3 is 10.0 Å². The van der Waals surface area contributed by atoms with Crippen molar-refractivity contribution in [1.82, 2.24) is 4.90 Å². The van der Waals surface area contributed by atoms with Crippen LogP contribution in [0.25, 0.3) is 0 Å². The monoisotopic (exact) mass is 217 g/mol. The number of hydrogen-bond acceptors (Lipinski definition) is 3. The molecule has 0 bridgehead atoms. The van der Waals surface area contributed by atoms with Gasteiger partial charge in [-0.05, 0) is 11.6 Å². The predicted molar refractivity (Wildman–Crippen MR) is 61.7 cm³/mol. The summed E-state index contributed by atoms with van der Waals surface area (Å²) in [7, 11) is 0. The molecular weight excluding hydrogens is 202 g/mol. The second-order valence-corrected chi connectivity index (χ2v) is 3.88. The molecule has 16 heavy (non-hydrogen) atoms. The molecule has 2 rings (SSSR count). The molecule has 0 amide bonds. The lowest BCUT2D eigenvalue weighted by Gasteiger charge is -2.31. The molecule has 1 heterocycles. The Hall–Kier alpha value is -1.61. The number of carbonyl (C=O) groups is 1. The van der Waals surface area contributed by atoms with Gasteiger partial charge in [-0.2, -0.15) is 0 Å². The van der Waals surface area contributed by atoms with E-state index in [4.69, 9.17) is 0 Å². The van der Waals surface area contributed by atoms with Gasteiger partial charge in [0.05, 0.1) is 12.6 Å². The maximum atomic E-state index is 11.1. The van der Waals surface area contributed by atoms with Gasteiger partial charge in [-0.3, -0.25) is 4.79 Å². The molecule has 84 valence electrons. The van der Waals surface area contributed by atoms with Crippen LogP contribution >= 0.6 is 0 Å². The molecule has 1 aliphatic rings. The van der Waals surface area contributed by atoms with E-state index < -0.39 is 0 Å². The third-order valence-electron chi connectivity index (χ3n) is 2.83. The van der Waals surface area contributed by atoms with E-state index in [1.54, 1.807) is 12.3 Å². The fraction of sp³-hybridized carbons (Fsp3) is 0.308. The zero-order chi connectivity index (χ0) is 11.4. The summed E-state index contributed by atoms with van der Waals surface area (Å²) in [4.78, 5) is 13.1. The zero-order valence-corrected chi connectivity index (χ0v) is 9.04. The molecule has 1 aromatic carbocycles. The summed E-state index contributed by atoms with van der Waals surface area (Å²) in [5, 5.41) is 9.44. The SMILES string of the molecule is O=C1C=CN([C@@H](CO)c2ccccc2)CC1. The van der Waals surface area contributed by atoms with E-state index in [0.717, 1.165) is 5.56 Å². The van der Waals surface area contributed by atoms with E-state index in [2.05, 4.69) is 0 Å². The van der Waals surface area contributed by atoms with E-state index in [0.29, 0.717) is 13.0 Å². The highest BCUT2D eigenvalue weighted by Crippen LogP contribution is 2.22. The smallest absolute Gasteiger partial charge is 0.158 e. The molecule has 0 unspecified atom stereocenters. The Morgan fingerprint density at radius 3 is 2.62 bits per heavy atom. The number of nitrogens with zero attached hydrogens (tertiary/aromatic N) is 1. The van der Waals surface area contributed by atoms with E-state index in [-0.39, 0.29) is 18.4 Å². The van der Waals surface area contributed by atoms with Gasteiger partial charge in [-0.15, -0.1) is 0 Å². The summed E-state index contributed by atoms with van der Waals surface area (Å²) >= 11 is 0. The molecule has 0 saturated carbocycles. The van der Waals surface area contributed by atoms with Gasteiger partial charge in [0.25, 0.3) is 0 Å². The molecular formula is C13H15NO2. The van der Waals surface area contributed by atoms with Crippen molar-refractivity contribution in [1.29, 1.82) is 0 Å². The number of ketones is 1. The standard InChI is InChI=1S/C13H15NO2/c15-10-13(11-4-2-1-3-5-11)14-8-6-12(16)7-9-14/h1-6,8,13,15H,7,9-10H2/t13-/m0/s1. The van der Waals surface area contributed by atoms with Crippen LogP contribution in [0.4, 0.5) is 0 Å². The van der Waals surface area contributed by atoms with Crippen molar-refractivity contribution in [2.45, 2.75) is 12.5 Å². The van der Waals surface area contributed by atoms with Crippen molar-refractivity contribution < 1.29 is 9.90 Å². The van der Waals surface area contributed by atoms with Crippen LogP contribution in [0.1, 0.15) is 18.0 Å². The van der Waals surface area contributed by atoms with Crippen LogP contribution in [-0.4, -0.2) is 28.9 Å². The molecule has 1 aromatic rings. The topological polar surface area (TPSA) is 40.5 Å².